The third-order valence-electron chi connectivity index (χ3n) is 2.24. The summed E-state index contributed by atoms with van der Waals surface area (Å²) in [6.07, 6.45) is 2.62. The zero-order valence-corrected chi connectivity index (χ0v) is 11.7. The lowest BCUT2D eigenvalue weighted by Crippen LogP contribution is -2.36. The Labute approximate surface area is 112 Å². The molecule has 0 radical (unpaired) electrons. The molecule has 1 N–H and O–H groups in total. The number of hydrogen-bond acceptors (Lipinski definition) is 5. The molecular weight excluding hydrogens is 270 g/mol. The number of imidazole rings is 1. The maximum absolute atomic E-state index is 12.3. The number of hydrogen-bond donors (Lipinski definition) is 1. The molecule has 0 aliphatic rings. The van der Waals surface area contributed by atoms with Crippen molar-refractivity contribution in [2.75, 3.05) is 19.7 Å². The van der Waals surface area contributed by atoms with Gasteiger partial charge in [-0.05, 0) is 13.8 Å². The number of aryl methyl sites for hydroxylation is 1. The lowest BCUT2D eigenvalue weighted by molar-refractivity contribution is -0.143. The van der Waals surface area contributed by atoms with E-state index in [4.69, 9.17) is 4.74 Å². The largest absolute Gasteiger partial charge is 0.465 e. The molecule has 0 spiro atoms. The molecule has 0 unspecified atom stereocenters. The fourth-order valence-corrected chi connectivity index (χ4v) is 2.73. The summed E-state index contributed by atoms with van der Waals surface area (Å²) < 4.78 is 30.3. The molecule has 0 aliphatic carbocycles. The summed E-state index contributed by atoms with van der Waals surface area (Å²) in [5.74, 6) is -0.127. The van der Waals surface area contributed by atoms with Crippen LogP contribution in [0.1, 0.15) is 12.7 Å². The van der Waals surface area contributed by atoms with Crippen LogP contribution in [0.5, 0.6) is 0 Å². The summed E-state index contributed by atoms with van der Waals surface area (Å²) in [5.41, 5.74) is 0. The van der Waals surface area contributed by atoms with Crippen molar-refractivity contribution in [2.24, 2.45) is 0 Å². The molecular formula is C11H17N3O4S. The number of rotatable bonds is 7. The van der Waals surface area contributed by atoms with Gasteiger partial charge in [0.05, 0.1) is 12.8 Å². The summed E-state index contributed by atoms with van der Waals surface area (Å²) in [6.45, 7) is 6.63. The monoisotopic (exact) mass is 287 g/mol. The average Bonchev–Trinajstić information content (AvgIpc) is 2.76. The molecule has 0 atom stereocenters. The molecule has 0 saturated carbocycles. The third kappa shape index (κ3) is 3.90. The van der Waals surface area contributed by atoms with E-state index in [1.807, 2.05) is 0 Å². The van der Waals surface area contributed by atoms with E-state index in [1.54, 1.807) is 13.8 Å². The topological polar surface area (TPSA) is 92.4 Å². The van der Waals surface area contributed by atoms with Gasteiger partial charge in [0.15, 0.2) is 5.03 Å². The molecule has 0 aliphatic heterocycles. The number of carbonyl (C=O) groups excluding carboxylic acids is 1. The van der Waals surface area contributed by atoms with Crippen LogP contribution in [0.4, 0.5) is 0 Å². The van der Waals surface area contributed by atoms with Crippen LogP contribution >= 0.6 is 0 Å². The van der Waals surface area contributed by atoms with Crippen LogP contribution in [-0.4, -0.2) is 48.4 Å². The Bertz CT molecular complexity index is 550. The lowest BCUT2D eigenvalue weighted by Gasteiger charge is -2.18. The van der Waals surface area contributed by atoms with E-state index in [1.165, 1.54) is 12.3 Å². The minimum atomic E-state index is -3.81. The Morgan fingerprint density at radius 3 is 2.79 bits per heavy atom. The van der Waals surface area contributed by atoms with Crippen molar-refractivity contribution >= 4 is 16.0 Å². The number of nitrogens with one attached hydrogen (secondary N) is 1. The van der Waals surface area contributed by atoms with Gasteiger partial charge in [0.2, 0.25) is 0 Å². The van der Waals surface area contributed by atoms with Gasteiger partial charge in [-0.2, -0.15) is 4.31 Å². The van der Waals surface area contributed by atoms with Gasteiger partial charge in [0, 0.05) is 6.54 Å². The second-order valence-electron chi connectivity index (χ2n) is 3.72. The zero-order valence-electron chi connectivity index (χ0n) is 10.9. The molecule has 0 saturated heterocycles. The Kier molecular flexibility index (Phi) is 5.25. The number of carbonyl (C=O) groups is 1. The Hall–Kier alpha value is -1.67. The van der Waals surface area contributed by atoms with Gasteiger partial charge in [0.1, 0.15) is 12.4 Å². The molecule has 19 heavy (non-hydrogen) atoms. The minimum Gasteiger partial charge on any atom is -0.465 e. The maximum atomic E-state index is 12.3. The highest BCUT2D eigenvalue weighted by atomic mass is 32.2. The Morgan fingerprint density at radius 1 is 1.63 bits per heavy atom. The standard InChI is InChI=1S/C11H17N3O4S/c1-4-6-14(8-11(15)18-5-2)19(16,17)10-7-12-9(3)13-10/h4,7H,1,5-6,8H2,2-3H3,(H,12,13). The fourth-order valence-electron chi connectivity index (χ4n) is 1.41. The molecule has 1 rings (SSSR count). The first-order chi connectivity index (χ1) is 8.91. The molecule has 1 heterocycles. The van der Waals surface area contributed by atoms with Crippen LogP contribution < -0.4 is 0 Å². The first-order valence-corrected chi connectivity index (χ1v) is 7.14. The smallest absolute Gasteiger partial charge is 0.321 e. The summed E-state index contributed by atoms with van der Waals surface area (Å²) in [7, 11) is -3.81. The first-order valence-electron chi connectivity index (χ1n) is 5.70. The van der Waals surface area contributed by atoms with E-state index in [0.717, 1.165) is 4.31 Å². The predicted molar refractivity (Wildman–Crippen MR) is 68.9 cm³/mol. The highest BCUT2D eigenvalue weighted by molar-refractivity contribution is 7.89. The average molecular weight is 287 g/mol. The molecule has 7 nitrogen and oxygen atoms in total. The summed E-state index contributed by atoms with van der Waals surface area (Å²) in [5, 5.41) is -0.0591. The predicted octanol–water partition coefficient (Wildman–Crippen LogP) is 0.458. The minimum absolute atomic E-state index is 0.0131. The van der Waals surface area contributed by atoms with Crippen LogP contribution in [0.2, 0.25) is 0 Å². The number of esters is 1. The summed E-state index contributed by atoms with van der Waals surface area (Å²) >= 11 is 0. The van der Waals surface area contributed by atoms with Gasteiger partial charge in [-0.25, -0.2) is 13.4 Å². The second-order valence-corrected chi connectivity index (χ2v) is 5.63. The molecule has 0 aromatic carbocycles. The van der Waals surface area contributed by atoms with Crippen molar-refractivity contribution in [3.05, 3.63) is 24.7 Å². The van der Waals surface area contributed by atoms with Crippen molar-refractivity contribution in [1.82, 2.24) is 14.3 Å². The molecule has 106 valence electrons. The van der Waals surface area contributed by atoms with Gasteiger partial charge in [-0.3, -0.25) is 4.79 Å². The number of H-pyrrole nitrogens is 1. The fraction of sp³-hybridized carbons (Fsp3) is 0.455. The quantitative estimate of drug-likeness (QED) is 0.581. The van der Waals surface area contributed by atoms with Crippen LogP contribution in [-0.2, 0) is 19.6 Å². The number of aromatic amines is 1. The lowest BCUT2D eigenvalue weighted by atomic mass is 10.5. The molecule has 1 aromatic rings. The Balaban J connectivity index is 2.97. The summed E-state index contributed by atoms with van der Waals surface area (Å²) in [4.78, 5) is 17.9. The molecule has 8 heteroatoms. The van der Waals surface area contributed by atoms with Crippen molar-refractivity contribution in [2.45, 2.75) is 18.9 Å². The third-order valence-corrected chi connectivity index (χ3v) is 3.96. The van der Waals surface area contributed by atoms with Crippen molar-refractivity contribution in [3.8, 4) is 0 Å². The van der Waals surface area contributed by atoms with Crippen LogP contribution in [0, 0.1) is 6.92 Å². The van der Waals surface area contributed by atoms with Gasteiger partial charge in [-0.1, -0.05) is 6.08 Å². The summed E-state index contributed by atoms with van der Waals surface area (Å²) in [6, 6.07) is 0. The number of aromatic nitrogens is 2. The SMILES string of the molecule is C=CCN(CC(=O)OCC)S(=O)(=O)c1cnc(C)[nH]1. The van der Waals surface area contributed by atoms with E-state index in [-0.39, 0.29) is 24.7 Å². The number of ether oxygens (including phenoxy) is 1. The zero-order chi connectivity index (χ0) is 14.5. The van der Waals surface area contributed by atoms with E-state index in [9.17, 15) is 13.2 Å². The second kappa shape index (κ2) is 6.48. The van der Waals surface area contributed by atoms with Gasteiger partial charge in [-0.15, -0.1) is 6.58 Å². The van der Waals surface area contributed by atoms with Gasteiger partial charge >= 0.3 is 5.97 Å². The van der Waals surface area contributed by atoms with E-state index < -0.39 is 16.0 Å². The number of sulfonamides is 1. The van der Waals surface area contributed by atoms with E-state index in [2.05, 4.69) is 16.5 Å². The first kappa shape index (κ1) is 15.4. The van der Waals surface area contributed by atoms with E-state index >= 15 is 0 Å². The molecule has 1 aromatic heterocycles. The van der Waals surface area contributed by atoms with Gasteiger partial charge < -0.3 is 9.72 Å². The normalized spacial score (nSPS) is 11.5. The van der Waals surface area contributed by atoms with Crippen LogP contribution in [0.25, 0.3) is 0 Å². The highest BCUT2D eigenvalue weighted by Crippen LogP contribution is 2.13. The van der Waals surface area contributed by atoms with Crippen molar-refractivity contribution in [3.63, 3.8) is 0 Å². The van der Waals surface area contributed by atoms with Crippen LogP contribution in [0.15, 0.2) is 23.9 Å². The maximum Gasteiger partial charge on any atom is 0.321 e. The number of nitrogens with zero attached hydrogens (tertiary/aromatic N) is 2. The van der Waals surface area contributed by atoms with Crippen molar-refractivity contribution in [1.29, 1.82) is 0 Å². The molecule has 0 amide bonds. The Morgan fingerprint density at radius 2 is 2.32 bits per heavy atom. The highest BCUT2D eigenvalue weighted by Gasteiger charge is 2.27. The molecule has 0 bridgehead atoms. The van der Waals surface area contributed by atoms with Gasteiger partial charge in [0.25, 0.3) is 10.0 Å². The van der Waals surface area contributed by atoms with Crippen LogP contribution in [0.3, 0.4) is 0 Å². The van der Waals surface area contributed by atoms with E-state index in [0.29, 0.717) is 5.82 Å². The molecule has 0 fully saturated rings. The van der Waals surface area contributed by atoms with Crippen molar-refractivity contribution < 1.29 is 17.9 Å².